The average Bonchev–Trinajstić information content (AvgIpc) is 2.30. The summed E-state index contributed by atoms with van der Waals surface area (Å²) in [6, 6.07) is 5.12. The maximum absolute atomic E-state index is 11.0. The Kier molecular flexibility index (Phi) is 5.51. The van der Waals surface area contributed by atoms with Gasteiger partial charge in [0.25, 0.3) is 0 Å². The highest BCUT2D eigenvalue weighted by Crippen LogP contribution is 2.11. The van der Waals surface area contributed by atoms with E-state index in [1.54, 1.807) is 0 Å². The molecule has 1 atom stereocenters. The number of nitrogens with one attached hydrogen (secondary N) is 1. The number of rotatable bonds is 7. The summed E-state index contributed by atoms with van der Waals surface area (Å²) in [5, 5.41) is 20.5. The fourth-order valence-corrected chi connectivity index (χ4v) is 1.86. The molecular weight excluding hydrogens is 246 g/mol. The Labute approximate surface area is 112 Å². The number of aryl methyl sites for hydroxylation is 2. The van der Waals surface area contributed by atoms with Gasteiger partial charge >= 0.3 is 11.9 Å². The van der Waals surface area contributed by atoms with Crippen LogP contribution in [0.5, 0.6) is 0 Å². The van der Waals surface area contributed by atoms with E-state index in [2.05, 4.69) is 5.32 Å². The quantitative estimate of drug-likeness (QED) is 0.698. The van der Waals surface area contributed by atoms with Crippen molar-refractivity contribution in [3.8, 4) is 0 Å². The summed E-state index contributed by atoms with van der Waals surface area (Å²) in [4.78, 5) is 21.5. The van der Waals surface area contributed by atoms with Crippen molar-refractivity contribution in [1.29, 1.82) is 0 Å². The summed E-state index contributed by atoms with van der Waals surface area (Å²) < 4.78 is 0. The molecule has 1 unspecified atom stereocenters. The summed E-state index contributed by atoms with van der Waals surface area (Å²) in [7, 11) is 0. The van der Waals surface area contributed by atoms with Crippen molar-refractivity contribution in [3.63, 3.8) is 0 Å². The van der Waals surface area contributed by atoms with Gasteiger partial charge in [0.1, 0.15) is 6.04 Å². The van der Waals surface area contributed by atoms with Gasteiger partial charge in [-0.25, -0.2) is 0 Å². The Balaban J connectivity index is 2.60. The molecule has 0 spiro atoms. The molecule has 0 radical (unpaired) electrons. The first-order valence-electron chi connectivity index (χ1n) is 6.14. The summed E-state index contributed by atoms with van der Waals surface area (Å²) in [6.45, 7) is 4.39. The molecule has 1 rings (SSSR count). The molecule has 0 aliphatic heterocycles. The number of hydrogen-bond acceptors (Lipinski definition) is 3. The van der Waals surface area contributed by atoms with E-state index >= 15 is 0 Å². The van der Waals surface area contributed by atoms with E-state index in [-0.39, 0.29) is 12.8 Å². The molecule has 3 N–H and O–H groups in total. The zero-order valence-electron chi connectivity index (χ0n) is 11.1. The van der Waals surface area contributed by atoms with Gasteiger partial charge in [-0.15, -0.1) is 0 Å². The molecular formula is C14H19NO4. The second kappa shape index (κ2) is 6.89. The lowest BCUT2D eigenvalue weighted by molar-refractivity contribution is -0.140. The van der Waals surface area contributed by atoms with Gasteiger partial charge in [0.15, 0.2) is 0 Å². The van der Waals surface area contributed by atoms with Crippen molar-refractivity contribution in [1.82, 2.24) is 5.32 Å². The highest BCUT2D eigenvalue weighted by molar-refractivity contribution is 5.75. The van der Waals surface area contributed by atoms with Crippen molar-refractivity contribution < 1.29 is 19.8 Å². The normalized spacial score (nSPS) is 12.1. The van der Waals surface area contributed by atoms with E-state index < -0.39 is 18.0 Å². The Morgan fingerprint density at radius 1 is 1.26 bits per heavy atom. The van der Waals surface area contributed by atoms with Crippen LogP contribution in [0.15, 0.2) is 18.2 Å². The third-order valence-electron chi connectivity index (χ3n) is 2.98. The largest absolute Gasteiger partial charge is 0.481 e. The Morgan fingerprint density at radius 2 is 1.95 bits per heavy atom. The van der Waals surface area contributed by atoms with Crippen LogP contribution in [-0.4, -0.2) is 28.2 Å². The lowest BCUT2D eigenvalue weighted by Gasteiger charge is -2.15. The monoisotopic (exact) mass is 265 g/mol. The van der Waals surface area contributed by atoms with Gasteiger partial charge in [-0.1, -0.05) is 23.8 Å². The SMILES string of the molecule is Cc1ccc(CNC(CCC(=O)O)C(=O)O)c(C)c1. The van der Waals surface area contributed by atoms with E-state index in [4.69, 9.17) is 10.2 Å². The second-order valence-electron chi connectivity index (χ2n) is 4.63. The molecule has 0 fully saturated rings. The van der Waals surface area contributed by atoms with Crippen LogP contribution in [0.4, 0.5) is 0 Å². The third kappa shape index (κ3) is 5.09. The first-order chi connectivity index (χ1) is 8.90. The summed E-state index contributed by atoms with van der Waals surface area (Å²) in [6.07, 6.45) is -0.0770. The maximum Gasteiger partial charge on any atom is 0.320 e. The smallest absolute Gasteiger partial charge is 0.320 e. The van der Waals surface area contributed by atoms with Crippen LogP contribution in [0.1, 0.15) is 29.5 Å². The van der Waals surface area contributed by atoms with Gasteiger partial charge in [0.05, 0.1) is 0 Å². The highest BCUT2D eigenvalue weighted by atomic mass is 16.4. The fraction of sp³-hybridized carbons (Fsp3) is 0.429. The van der Waals surface area contributed by atoms with Crippen LogP contribution in [-0.2, 0) is 16.1 Å². The van der Waals surface area contributed by atoms with Crippen LogP contribution < -0.4 is 5.32 Å². The van der Waals surface area contributed by atoms with Gasteiger partial charge in [-0.3, -0.25) is 9.59 Å². The molecule has 5 nitrogen and oxygen atoms in total. The Morgan fingerprint density at radius 3 is 2.47 bits per heavy atom. The van der Waals surface area contributed by atoms with Crippen molar-refractivity contribution in [2.45, 2.75) is 39.3 Å². The van der Waals surface area contributed by atoms with E-state index in [9.17, 15) is 9.59 Å². The van der Waals surface area contributed by atoms with Gasteiger partial charge in [-0.05, 0) is 31.4 Å². The minimum absolute atomic E-state index is 0.0789. The van der Waals surface area contributed by atoms with E-state index in [0.717, 1.165) is 16.7 Å². The van der Waals surface area contributed by atoms with Crippen LogP contribution >= 0.6 is 0 Å². The molecule has 0 bridgehead atoms. The zero-order valence-corrected chi connectivity index (χ0v) is 11.1. The number of hydrogen-bond donors (Lipinski definition) is 3. The van der Waals surface area contributed by atoms with Gasteiger partial charge in [0, 0.05) is 13.0 Å². The molecule has 0 aromatic heterocycles. The molecule has 0 aliphatic carbocycles. The molecule has 0 saturated carbocycles. The average molecular weight is 265 g/mol. The number of carbonyl (C=O) groups is 2. The van der Waals surface area contributed by atoms with Crippen molar-refractivity contribution in [2.75, 3.05) is 0 Å². The topological polar surface area (TPSA) is 86.6 Å². The highest BCUT2D eigenvalue weighted by Gasteiger charge is 2.18. The minimum Gasteiger partial charge on any atom is -0.481 e. The standard InChI is InChI=1S/C14H19NO4/c1-9-3-4-11(10(2)7-9)8-15-12(14(18)19)5-6-13(16)17/h3-4,7,12,15H,5-6,8H2,1-2H3,(H,16,17)(H,18,19). The predicted molar refractivity (Wildman–Crippen MR) is 71.0 cm³/mol. The molecule has 0 amide bonds. The molecule has 0 heterocycles. The number of carboxylic acid groups (broad SMARTS) is 2. The third-order valence-corrected chi connectivity index (χ3v) is 2.98. The Hall–Kier alpha value is -1.88. The first-order valence-corrected chi connectivity index (χ1v) is 6.14. The van der Waals surface area contributed by atoms with Gasteiger partial charge in [-0.2, -0.15) is 0 Å². The predicted octanol–water partition coefficient (Wildman–Crippen LogP) is 1.71. The van der Waals surface area contributed by atoms with Crippen molar-refractivity contribution in [3.05, 3.63) is 34.9 Å². The van der Waals surface area contributed by atoms with Gasteiger partial charge in [0.2, 0.25) is 0 Å². The van der Waals surface area contributed by atoms with Gasteiger partial charge < -0.3 is 15.5 Å². The molecule has 19 heavy (non-hydrogen) atoms. The van der Waals surface area contributed by atoms with Crippen LogP contribution in [0.3, 0.4) is 0 Å². The number of carboxylic acids is 2. The number of aliphatic carboxylic acids is 2. The maximum atomic E-state index is 11.0. The molecule has 5 heteroatoms. The molecule has 0 saturated heterocycles. The summed E-state index contributed by atoms with van der Waals surface area (Å²) >= 11 is 0. The number of benzene rings is 1. The summed E-state index contributed by atoms with van der Waals surface area (Å²) in [5.41, 5.74) is 3.27. The molecule has 1 aromatic rings. The molecule has 0 aliphatic rings. The van der Waals surface area contributed by atoms with E-state index in [0.29, 0.717) is 6.54 Å². The zero-order chi connectivity index (χ0) is 14.4. The lowest BCUT2D eigenvalue weighted by atomic mass is 10.0. The Bertz CT molecular complexity index is 471. The van der Waals surface area contributed by atoms with Crippen LogP contribution in [0, 0.1) is 13.8 Å². The minimum atomic E-state index is -1.02. The van der Waals surface area contributed by atoms with Crippen molar-refractivity contribution in [2.24, 2.45) is 0 Å². The molecule has 104 valence electrons. The fourth-order valence-electron chi connectivity index (χ4n) is 1.86. The summed E-state index contributed by atoms with van der Waals surface area (Å²) in [5.74, 6) is -2.01. The first kappa shape index (κ1) is 15.2. The van der Waals surface area contributed by atoms with E-state index in [1.165, 1.54) is 0 Å². The van der Waals surface area contributed by atoms with Crippen LogP contribution in [0.2, 0.25) is 0 Å². The van der Waals surface area contributed by atoms with E-state index in [1.807, 2.05) is 32.0 Å². The second-order valence-corrected chi connectivity index (χ2v) is 4.63. The van der Waals surface area contributed by atoms with Crippen molar-refractivity contribution >= 4 is 11.9 Å². The molecule has 1 aromatic carbocycles. The lowest BCUT2D eigenvalue weighted by Crippen LogP contribution is -2.36. The van der Waals surface area contributed by atoms with Crippen LogP contribution in [0.25, 0.3) is 0 Å².